The molecular weight excluding hydrogens is 122 g/mol. The van der Waals surface area contributed by atoms with Crippen LogP contribution in [0.25, 0.3) is 0 Å². The molecule has 1 aliphatic rings. The number of hydrogen-bond donors (Lipinski definition) is 2. The third-order valence-corrected chi connectivity index (χ3v) is 1.51. The van der Waals surface area contributed by atoms with Crippen LogP contribution in [0.2, 0.25) is 0 Å². The number of amides is 1. The SMILES string of the molecule is CC1CN(O)C(=O)C1O. The summed E-state index contributed by atoms with van der Waals surface area (Å²) in [6.07, 6.45) is -1.00. The van der Waals surface area contributed by atoms with E-state index in [1.54, 1.807) is 6.92 Å². The lowest BCUT2D eigenvalue weighted by atomic mass is 10.1. The molecular formula is C5H9NO3. The first-order valence-electron chi connectivity index (χ1n) is 2.81. The maximum Gasteiger partial charge on any atom is 0.275 e. The minimum atomic E-state index is -1.00. The number of hydroxylamine groups is 2. The van der Waals surface area contributed by atoms with Crippen molar-refractivity contribution < 1.29 is 15.1 Å². The molecule has 0 aliphatic carbocycles. The van der Waals surface area contributed by atoms with Crippen molar-refractivity contribution in [3.63, 3.8) is 0 Å². The molecule has 0 bridgehead atoms. The Morgan fingerprint density at radius 2 is 2.33 bits per heavy atom. The topological polar surface area (TPSA) is 60.8 Å². The molecule has 0 aromatic rings. The van der Waals surface area contributed by atoms with E-state index < -0.39 is 12.0 Å². The summed E-state index contributed by atoms with van der Waals surface area (Å²) in [6, 6.07) is 0. The van der Waals surface area contributed by atoms with Crippen LogP contribution in [-0.4, -0.2) is 33.9 Å². The predicted molar refractivity (Wildman–Crippen MR) is 28.7 cm³/mol. The highest BCUT2D eigenvalue weighted by atomic mass is 16.5. The van der Waals surface area contributed by atoms with Gasteiger partial charge in [0.2, 0.25) is 0 Å². The molecule has 1 saturated heterocycles. The van der Waals surface area contributed by atoms with Crippen LogP contribution in [-0.2, 0) is 4.79 Å². The van der Waals surface area contributed by atoms with Crippen LogP contribution in [0.5, 0.6) is 0 Å². The Morgan fingerprint density at radius 1 is 1.78 bits per heavy atom. The summed E-state index contributed by atoms with van der Waals surface area (Å²) < 4.78 is 0. The Morgan fingerprint density at radius 3 is 2.44 bits per heavy atom. The summed E-state index contributed by atoms with van der Waals surface area (Å²) in [5.74, 6) is -0.745. The second-order valence-electron chi connectivity index (χ2n) is 2.34. The molecule has 1 fully saturated rings. The van der Waals surface area contributed by atoms with Crippen LogP contribution in [0, 0.1) is 5.92 Å². The first-order chi connectivity index (χ1) is 4.13. The first-order valence-corrected chi connectivity index (χ1v) is 2.81. The number of rotatable bonds is 0. The van der Waals surface area contributed by atoms with Gasteiger partial charge in [-0.25, -0.2) is 5.06 Å². The molecule has 0 aromatic carbocycles. The molecule has 4 nitrogen and oxygen atoms in total. The minimum Gasteiger partial charge on any atom is -0.383 e. The molecule has 2 unspecified atom stereocenters. The smallest absolute Gasteiger partial charge is 0.275 e. The number of nitrogens with zero attached hydrogens (tertiary/aromatic N) is 1. The standard InChI is InChI=1S/C5H9NO3/c1-3-2-6(9)5(8)4(3)7/h3-4,7,9H,2H2,1H3. The van der Waals surface area contributed by atoms with Crippen molar-refractivity contribution in [2.45, 2.75) is 13.0 Å². The summed E-state index contributed by atoms with van der Waals surface area (Å²) in [5.41, 5.74) is 0. The number of carbonyl (C=O) groups is 1. The van der Waals surface area contributed by atoms with E-state index in [2.05, 4.69) is 0 Å². The lowest BCUT2D eigenvalue weighted by molar-refractivity contribution is -0.162. The van der Waals surface area contributed by atoms with E-state index in [1.807, 2.05) is 0 Å². The van der Waals surface area contributed by atoms with Gasteiger partial charge in [-0.05, 0) is 0 Å². The molecule has 0 spiro atoms. The molecule has 9 heavy (non-hydrogen) atoms. The van der Waals surface area contributed by atoms with E-state index >= 15 is 0 Å². The summed E-state index contributed by atoms with van der Waals surface area (Å²) in [6.45, 7) is 1.94. The van der Waals surface area contributed by atoms with E-state index in [4.69, 9.17) is 10.3 Å². The van der Waals surface area contributed by atoms with Crippen LogP contribution in [0.4, 0.5) is 0 Å². The molecule has 1 amide bonds. The van der Waals surface area contributed by atoms with Crippen LogP contribution in [0.15, 0.2) is 0 Å². The molecule has 0 aromatic heterocycles. The molecule has 0 radical (unpaired) electrons. The van der Waals surface area contributed by atoms with Crippen LogP contribution in [0.1, 0.15) is 6.92 Å². The van der Waals surface area contributed by atoms with Crippen molar-refractivity contribution in [1.82, 2.24) is 5.06 Å². The molecule has 52 valence electrons. The van der Waals surface area contributed by atoms with Gasteiger partial charge < -0.3 is 5.11 Å². The summed E-state index contributed by atoms with van der Waals surface area (Å²) in [4.78, 5) is 10.5. The van der Waals surface area contributed by atoms with E-state index in [0.29, 0.717) is 5.06 Å². The van der Waals surface area contributed by atoms with Gasteiger partial charge in [0, 0.05) is 5.92 Å². The molecule has 4 heteroatoms. The lowest BCUT2D eigenvalue weighted by Gasteiger charge is -2.02. The van der Waals surface area contributed by atoms with Crippen molar-refractivity contribution in [2.24, 2.45) is 5.92 Å². The van der Waals surface area contributed by atoms with E-state index in [-0.39, 0.29) is 12.5 Å². The van der Waals surface area contributed by atoms with Crippen LogP contribution in [0.3, 0.4) is 0 Å². The van der Waals surface area contributed by atoms with Gasteiger partial charge in [-0.2, -0.15) is 0 Å². The Bertz CT molecular complexity index is 136. The monoisotopic (exact) mass is 131 g/mol. The average molecular weight is 131 g/mol. The summed E-state index contributed by atoms with van der Waals surface area (Å²) in [7, 11) is 0. The zero-order chi connectivity index (χ0) is 7.02. The second-order valence-corrected chi connectivity index (χ2v) is 2.34. The van der Waals surface area contributed by atoms with Crippen LogP contribution < -0.4 is 0 Å². The minimum absolute atomic E-state index is 0.150. The van der Waals surface area contributed by atoms with Crippen molar-refractivity contribution in [3.05, 3.63) is 0 Å². The van der Waals surface area contributed by atoms with Gasteiger partial charge in [0.15, 0.2) is 0 Å². The van der Waals surface area contributed by atoms with Crippen molar-refractivity contribution in [1.29, 1.82) is 0 Å². The van der Waals surface area contributed by atoms with Gasteiger partial charge in [0.25, 0.3) is 5.91 Å². The maximum atomic E-state index is 10.5. The fourth-order valence-corrected chi connectivity index (χ4v) is 0.859. The highest BCUT2D eigenvalue weighted by Gasteiger charge is 2.35. The van der Waals surface area contributed by atoms with Crippen molar-refractivity contribution in [2.75, 3.05) is 6.54 Å². The predicted octanol–water partition coefficient (Wildman–Crippen LogP) is -0.785. The largest absolute Gasteiger partial charge is 0.383 e. The Kier molecular flexibility index (Phi) is 1.42. The molecule has 0 saturated carbocycles. The second kappa shape index (κ2) is 1.97. The van der Waals surface area contributed by atoms with Gasteiger partial charge in [-0.3, -0.25) is 10.0 Å². The number of hydrogen-bond acceptors (Lipinski definition) is 3. The Hall–Kier alpha value is -0.610. The zero-order valence-corrected chi connectivity index (χ0v) is 5.11. The van der Waals surface area contributed by atoms with Crippen LogP contribution >= 0.6 is 0 Å². The Labute approximate surface area is 52.7 Å². The summed E-state index contributed by atoms with van der Waals surface area (Å²) in [5, 5.41) is 18.1. The van der Waals surface area contributed by atoms with Crippen molar-refractivity contribution >= 4 is 5.91 Å². The van der Waals surface area contributed by atoms with Gasteiger partial charge in [-0.1, -0.05) is 6.92 Å². The molecule has 2 atom stereocenters. The summed E-state index contributed by atoms with van der Waals surface area (Å²) >= 11 is 0. The van der Waals surface area contributed by atoms with Gasteiger partial charge in [0.05, 0.1) is 6.54 Å². The van der Waals surface area contributed by atoms with Gasteiger partial charge in [0.1, 0.15) is 6.10 Å². The molecule has 2 N–H and O–H groups in total. The average Bonchev–Trinajstić information content (AvgIpc) is 1.98. The van der Waals surface area contributed by atoms with E-state index in [9.17, 15) is 4.79 Å². The quantitative estimate of drug-likeness (QED) is 0.424. The zero-order valence-electron chi connectivity index (χ0n) is 5.11. The van der Waals surface area contributed by atoms with E-state index in [1.165, 1.54) is 0 Å². The van der Waals surface area contributed by atoms with Gasteiger partial charge >= 0.3 is 0 Å². The fourth-order valence-electron chi connectivity index (χ4n) is 0.859. The lowest BCUT2D eigenvalue weighted by Crippen LogP contribution is -2.26. The maximum absolute atomic E-state index is 10.5. The normalized spacial score (nSPS) is 35.9. The Balaban J connectivity index is 2.65. The number of aliphatic hydroxyl groups is 1. The highest BCUT2D eigenvalue weighted by Crippen LogP contribution is 2.14. The van der Waals surface area contributed by atoms with E-state index in [0.717, 1.165) is 0 Å². The molecule has 1 rings (SSSR count). The third kappa shape index (κ3) is 0.906. The first kappa shape index (κ1) is 6.51. The molecule has 1 heterocycles. The number of carbonyl (C=O) groups excluding carboxylic acids is 1. The van der Waals surface area contributed by atoms with Crippen molar-refractivity contribution in [3.8, 4) is 0 Å². The fraction of sp³-hybridized carbons (Fsp3) is 0.800. The number of aliphatic hydroxyl groups excluding tert-OH is 1. The molecule has 1 aliphatic heterocycles. The highest BCUT2D eigenvalue weighted by molar-refractivity contribution is 5.81. The third-order valence-electron chi connectivity index (χ3n) is 1.51. The van der Waals surface area contributed by atoms with Gasteiger partial charge in [-0.15, -0.1) is 0 Å².